The van der Waals surface area contributed by atoms with E-state index in [1.807, 2.05) is 12.1 Å². The molecule has 0 saturated carbocycles. The lowest BCUT2D eigenvalue weighted by Crippen LogP contribution is -2.09. The molecule has 9 heteroatoms. The van der Waals surface area contributed by atoms with Gasteiger partial charge in [0.2, 0.25) is 0 Å². The minimum atomic E-state index is -0.469. The summed E-state index contributed by atoms with van der Waals surface area (Å²) in [6.45, 7) is 4.12. The topological polar surface area (TPSA) is 118 Å². The number of aliphatic hydroxyl groups excluding tert-OH is 1. The van der Waals surface area contributed by atoms with Crippen molar-refractivity contribution in [1.29, 1.82) is 0 Å². The highest BCUT2D eigenvalue weighted by molar-refractivity contribution is 5.94. The van der Waals surface area contributed by atoms with Gasteiger partial charge in [0.15, 0.2) is 0 Å². The third-order valence-electron chi connectivity index (χ3n) is 9.26. The lowest BCUT2D eigenvalue weighted by atomic mass is 10.1. The third kappa shape index (κ3) is 16.6. The molecule has 0 saturated heterocycles. The van der Waals surface area contributed by atoms with Crippen molar-refractivity contribution in [2.24, 2.45) is 0 Å². The Morgan fingerprint density at radius 2 is 0.891 bits per heavy atom. The van der Waals surface area contributed by atoms with Gasteiger partial charge in [-0.15, -0.1) is 0 Å². The molecule has 9 nitrogen and oxygen atoms in total. The number of aliphatic hydroxyl groups is 1. The van der Waals surface area contributed by atoms with Crippen molar-refractivity contribution < 1.29 is 43.2 Å². The maximum absolute atomic E-state index is 12.9. The Kier molecular flexibility index (Phi) is 19.7. The fraction of sp³-hybridized carbons (Fsp3) is 0.457. The molecule has 4 aromatic carbocycles. The van der Waals surface area contributed by atoms with Crippen molar-refractivity contribution >= 4 is 28.7 Å². The largest absolute Gasteiger partial charge is 0.494 e. The maximum atomic E-state index is 12.9. The zero-order valence-electron chi connectivity index (χ0n) is 32.4. The molecule has 0 amide bonds. The van der Waals surface area contributed by atoms with Gasteiger partial charge < -0.3 is 28.8 Å². The summed E-state index contributed by atoms with van der Waals surface area (Å²) in [4.78, 5) is 37.3. The molecule has 0 aromatic heterocycles. The summed E-state index contributed by atoms with van der Waals surface area (Å²) < 4.78 is 28.2. The Balaban J connectivity index is 1.11. The zero-order chi connectivity index (χ0) is 38.9. The first-order chi connectivity index (χ1) is 26.9. The fourth-order valence-electron chi connectivity index (χ4n) is 6.03. The van der Waals surface area contributed by atoms with Crippen molar-refractivity contribution in [3.63, 3.8) is 0 Å². The summed E-state index contributed by atoms with van der Waals surface area (Å²) in [5, 5.41) is 10.5. The van der Waals surface area contributed by atoms with Crippen LogP contribution < -0.4 is 18.9 Å². The highest BCUT2D eigenvalue weighted by Crippen LogP contribution is 2.27. The zero-order valence-corrected chi connectivity index (χ0v) is 32.4. The van der Waals surface area contributed by atoms with Gasteiger partial charge in [-0.05, 0) is 116 Å². The molecule has 0 aliphatic rings. The molecule has 0 aliphatic carbocycles. The third-order valence-corrected chi connectivity index (χ3v) is 9.26. The second-order valence-corrected chi connectivity index (χ2v) is 13.8. The minimum Gasteiger partial charge on any atom is -0.494 e. The van der Waals surface area contributed by atoms with E-state index < -0.39 is 11.9 Å². The lowest BCUT2D eigenvalue weighted by Gasteiger charge is -2.10. The van der Waals surface area contributed by atoms with Crippen LogP contribution in [0.4, 0.5) is 0 Å². The van der Waals surface area contributed by atoms with Crippen LogP contribution in [0.1, 0.15) is 130 Å². The number of benzene rings is 4. The van der Waals surface area contributed by atoms with Gasteiger partial charge in [0.05, 0.1) is 30.9 Å². The molecule has 0 atom stereocenters. The number of unbranched alkanes of at least 4 members (excludes halogenated alkanes) is 12. The van der Waals surface area contributed by atoms with Gasteiger partial charge in [-0.1, -0.05) is 83.3 Å². The Labute approximate surface area is 326 Å². The van der Waals surface area contributed by atoms with E-state index in [1.165, 1.54) is 25.7 Å². The number of fused-ring (bicyclic) bond motifs is 1. The van der Waals surface area contributed by atoms with E-state index in [0.29, 0.717) is 54.6 Å². The first-order valence-corrected chi connectivity index (χ1v) is 20.2. The molecule has 0 aliphatic heterocycles. The van der Waals surface area contributed by atoms with Gasteiger partial charge in [0.1, 0.15) is 23.0 Å². The van der Waals surface area contributed by atoms with E-state index in [2.05, 4.69) is 6.92 Å². The Hall–Kier alpha value is -4.89. The van der Waals surface area contributed by atoms with Crippen LogP contribution in [0.5, 0.6) is 23.0 Å². The number of rotatable bonds is 27. The van der Waals surface area contributed by atoms with Crippen LogP contribution in [0.3, 0.4) is 0 Å². The standard InChI is InChI=1S/C46H58O9/c1-2-3-4-5-8-14-31-51-40-24-18-36(19-25-40)45(49)54-42-28-22-39-35-43(29-23-38(39)34-42)55-46(50)37-20-26-41(27-21-37)52-32-15-9-6-7-10-16-33-53-44(48)17-12-11-13-30-47/h18-29,34-35,47H,2-17,30-33H2,1H3. The molecule has 4 rings (SSSR count). The van der Waals surface area contributed by atoms with Crippen LogP contribution in [0.25, 0.3) is 10.8 Å². The van der Waals surface area contributed by atoms with Gasteiger partial charge in [-0.2, -0.15) is 0 Å². The average molecular weight is 755 g/mol. The fourth-order valence-corrected chi connectivity index (χ4v) is 6.03. The number of carbonyl (C=O) groups excluding carboxylic acids is 3. The smallest absolute Gasteiger partial charge is 0.343 e. The predicted octanol–water partition coefficient (Wildman–Crippen LogP) is 10.8. The van der Waals surface area contributed by atoms with E-state index in [9.17, 15) is 14.4 Å². The molecular weight excluding hydrogens is 696 g/mol. The van der Waals surface area contributed by atoms with Gasteiger partial charge in [-0.3, -0.25) is 4.79 Å². The lowest BCUT2D eigenvalue weighted by molar-refractivity contribution is -0.143. The second-order valence-electron chi connectivity index (χ2n) is 13.8. The van der Waals surface area contributed by atoms with Crippen LogP contribution in [-0.2, 0) is 9.53 Å². The molecule has 4 aromatic rings. The maximum Gasteiger partial charge on any atom is 0.343 e. The molecule has 0 heterocycles. The predicted molar refractivity (Wildman–Crippen MR) is 215 cm³/mol. The quantitative estimate of drug-likeness (QED) is 0.0360. The SMILES string of the molecule is CCCCCCCCOc1ccc(C(=O)Oc2ccc3cc(OC(=O)c4ccc(OCCCCCCCCOC(=O)CCCCCO)cc4)ccc3c2)cc1. The second kappa shape index (κ2) is 25.2. The molecule has 55 heavy (non-hydrogen) atoms. The Morgan fingerprint density at radius 3 is 1.36 bits per heavy atom. The normalized spacial score (nSPS) is 10.9. The molecule has 0 bridgehead atoms. The molecule has 0 radical (unpaired) electrons. The number of hydrogen-bond donors (Lipinski definition) is 1. The van der Waals surface area contributed by atoms with E-state index in [-0.39, 0.29) is 12.6 Å². The van der Waals surface area contributed by atoms with Crippen molar-refractivity contribution in [2.75, 3.05) is 26.4 Å². The van der Waals surface area contributed by atoms with E-state index in [0.717, 1.165) is 87.2 Å². The van der Waals surface area contributed by atoms with Crippen molar-refractivity contribution in [2.45, 2.75) is 110 Å². The summed E-state index contributed by atoms with van der Waals surface area (Å²) in [5.74, 6) is 1.19. The average Bonchev–Trinajstić information content (AvgIpc) is 3.20. The van der Waals surface area contributed by atoms with Crippen molar-refractivity contribution in [1.82, 2.24) is 0 Å². The van der Waals surface area contributed by atoms with Crippen LogP contribution in [0, 0.1) is 0 Å². The molecule has 0 spiro atoms. The van der Waals surface area contributed by atoms with Crippen molar-refractivity contribution in [3.8, 4) is 23.0 Å². The van der Waals surface area contributed by atoms with E-state index in [4.69, 9.17) is 28.8 Å². The van der Waals surface area contributed by atoms with Crippen LogP contribution in [0.15, 0.2) is 84.9 Å². The minimum absolute atomic E-state index is 0.148. The Bertz CT molecular complexity index is 1720. The summed E-state index contributed by atoms with van der Waals surface area (Å²) in [6, 6.07) is 24.6. The highest BCUT2D eigenvalue weighted by atomic mass is 16.5. The van der Waals surface area contributed by atoms with Crippen LogP contribution >= 0.6 is 0 Å². The first-order valence-electron chi connectivity index (χ1n) is 20.2. The Morgan fingerprint density at radius 1 is 0.473 bits per heavy atom. The summed E-state index contributed by atoms with van der Waals surface area (Å²) in [5.41, 5.74) is 0.854. The number of hydrogen-bond acceptors (Lipinski definition) is 9. The summed E-state index contributed by atoms with van der Waals surface area (Å²) >= 11 is 0. The molecule has 0 unspecified atom stereocenters. The van der Waals surface area contributed by atoms with Gasteiger partial charge in [-0.25, -0.2) is 9.59 Å². The number of carbonyl (C=O) groups is 3. The number of ether oxygens (including phenoxy) is 5. The van der Waals surface area contributed by atoms with Gasteiger partial charge in [0.25, 0.3) is 0 Å². The van der Waals surface area contributed by atoms with E-state index >= 15 is 0 Å². The first kappa shape index (κ1) is 42.8. The van der Waals surface area contributed by atoms with E-state index in [1.54, 1.807) is 72.8 Å². The van der Waals surface area contributed by atoms with Gasteiger partial charge >= 0.3 is 17.9 Å². The van der Waals surface area contributed by atoms with Crippen LogP contribution in [-0.4, -0.2) is 49.4 Å². The molecule has 1 N–H and O–H groups in total. The van der Waals surface area contributed by atoms with Gasteiger partial charge in [0, 0.05) is 13.0 Å². The number of esters is 3. The summed E-state index contributed by atoms with van der Waals surface area (Å²) in [6.07, 6.45) is 16.1. The molecular formula is C46H58O9. The molecule has 0 fully saturated rings. The monoisotopic (exact) mass is 754 g/mol. The molecule has 296 valence electrons. The highest BCUT2D eigenvalue weighted by Gasteiger charge is 2.12. The van der Waals surface area contributed by atoms with Crippen LogP contribution in [0.2, 0.25) is 0 Å². The summed E-state index contributed by atoms with van der Waals surface area (Å²) in [7, 11) is 0. The van der Waals surface area contributed by atoms with Crippen molar-refractivity contribution in [3.05, 3.63) is 96.1 Å².